The number of halogens is 1. The summed E-state index contributed by atoms with van der Waals surface area (Å²) >= 11 is 7.72. The fourth-order valence-corrected chi connectivity index (χ4v) is 8.26. The van der Waals surface area contributed by atoms with Crippen LogP contribution in [0.25, 0.3) is 10.2 Å². The molecule has 0 spiro atoms. The summed E-state index contributed by atoms with van der Waals surface area (Å²) in [6.07, 6.45) is 0.400. The number of sulfonamides is 1. The number of thiazole rings is 1. The summed E-state index contributed by atoms with van der Waals surface area (Å²) in [7, 11) is -3.71. The molecule has 2 aromatic carbocycles. The van der Waals surface area contributed by atoms with E-state index in [9.17, 15) is 13.2 Å². The van der Waals surface area contributed by atoms with Gasteiger partial charge in [0.25, 0.3) is 5.91 Å². The minimum absolute atomic E-state index is 0.162. The third-order valence-corrected chi connectivity index (χ3v) is 10.3. The van der Waals surface area contributed by atoms with E-state index in [1.165, 1.54) is 27.8 Å². The zero-order valence-corrected chi connectivity index (χ0v) is 25.4. The number of rotatable bonds is 8. The fourth-order valence-electron chi connectivity index (χ4n) is 5.22. The normalized spacial score (nSPS) is 21.1. The predicted octanol–water partition coefficient (Wildman–Crippen LogP) is 4.43. The van der Waals surface area contributed by atoms with Gasteiger partial charge in [-0.3, -0.25) is 14.6 Å². The largest absolute Gasteiger partial charge is 0.379 e. The van der Waals surface area contributed by atoms with Crippen molar-refractivity contribution in [3.05, 3.63) is 52.5 Å². The van der Waals surface area contributed by atoms with Crippen LogP contribution in [0.2, 0.25) is 5.02 Å². The van der Waals surface area contributed by atoms with Crippen molar-refractivity contribution >= 4 is 54.2 Å². The third-order valence-electron chi connectivity index (χ3n) is 7.20. The highest BCUT2D eigenvalue weighted by atomic mass is 35.5. The lowest BCUT2D eigenvalue weighted by molar-refractivity contribution is -0.0440. The summed E-state index contributed by atoms with van der Waals surface area (Å²) in [5, 5.41) is 1.23. The van der Waals surface area contributed by atoms with Gasteiger partial charge < -0.3 is 9.47 Å². The summed E-state index contributed by atoms with van der Waals surface area (Å²) in [5.74, 6) is -0.220. The van der Waals surface area contributed by atoms with Crippen molar-refractivity contribution in [2.45, 2.75) is 44.3 Å². The number of carbonyl (C=O) groups excluding carboxylic acids is 1. The zero-order valence-electron chi connectivity index (χ0n) is 23.0. The van der Waals surface area contributed by atoms with Crippen LogP contribution >= 0.6 is 22.9 Å². The second-order valence-corrected chi connectivity index (χ2v) is 13.8. The number of hydrogen-bond acceptors (Lipinski definition) is 8. The van der Waals surface area contributed by atoms with Crippen LogP contribution in [0.3, 0.4) is 0 Å². The van der Waals surface area contributed by atoms with Gasteiger partial charge in [0.05, 0.1) is 40.5 Å². The Morgan fingerprint density at radius 3 is 2.48 bits per heavy atom. The molecular formula is C28H35ClN4O5S2. The second kappa shape index (κ2) is 12.4. The SMILES string of the molecule is Cc1cc(Cl)cc2sc(N(CCCN3CCOCC3)C(=O)c3ccc(S(=O)(=O)N4CC(C)OC(C)C4)cc3)nc12. The van der Waals surface area contributed by atoms with Crippen molar-refractivity contribution < 1.29 is 22.7 Å². The van der Waals surface area contributed by atoms with Crippen molar-refractivity contribution in [2.24, 2.45) is 0 Å². The first-order chi connectivity index (χ1) is 19.1. The molecule has 1 amide bonds. The Morgan fingerprint density at radius 1 is 1.12 bits per heavy atom. The van der Waals surface area contributed by atoms with Crippen molar-refractivity contribution in [1.82, 2.24) is 14.2 Å². The molecule has 5 rings (SSSR count). The minimum Gasteiger partial charge on any atom is -0.379 e. The number of fused-ring (bicyclic) bond motifs is 1. The van der Waals surface area contributed by atoms with Crippen LogP contribution in [0, 0.1) is 6.92 Å². The van der Waals surface area contributed by atoms with Crippen LogP contribution in [-0.4, -0.2) is 93.2 Å². The van der Waals surface area contributed by atoms with Crippen LogP contribution in [0.15, 0.2) is 41.3 Å². The maximum Gasteiger partial charge on any atom is 0.260 e. The number of benzene rings is 2. The van der Waals surface area contributed by atoms with Crippen LogP contribution in [-0.2, 0) is 19.5 Å². The van der Waals surface area contributed by atoms with Gasteiger partial charge in [0, 0.05) is 49.9 Å². The first kappa shape index (κ1) is 29.4. The molecule has 2 fully saturated rings. The van der Waals surface area contributed by atoms with Gasteiger partial charge in [0.15, 0.2) is 5.13 Å². The number of ether oxygens (including phenoxy) is 2. The van der Waals surface area contributed by atoms with Crippen molar-refractivity contribution in [3.8, 4) is 0 Å². The number of anilines is 1. The Labute approximate surface area is 244 Å². The monoisotopic (exact) mass is 606 g/mol. The minimum atomic E-state index is -3.71. The van der Waals surface area contributed by atoms with Crippen LogP contribution in [0.4, 0.5) is 5.13 Å². The molecule has 3 heterocycles. The summed E-state index contributed by atoms with van der Waals surface area (Å²) in [5.41, 5.74) is 2.18. The second-order valence-electron chi connectivity index (χ2n) is 10.4. The fraction of sp³-hybridized carbons (Fsp3) is 0.500. The quantitative estimate of drug-likeness (QED) is 0.375. The molecule has 1 aromatic heterocycles. The highest BCUT2D eigenvalue weighted by Gasteiger charge is 2.32. The molecule has 2 aliphatic heterocycles. The van der Waals surface area contributed by atoms with E-state index in [1.54, 1.807) is 17.0 Å². The molecule has 0 N–H and O–H groups in total. The molecule has 40 heavy (non-hydrogen) atoms. The topological polar surface area (TPSA) is 92.3 Å². The zero-order chi connectivity index (χ0) is 28.4. The first-order valence-corrected chi connectivity index (χ1v) is 16.2. The van der Waals surface area contributed by atoms with Gasteiger partial charge in [0.1, 0.15) is 0 Å². The molecule has 0 aliphatic carbocycles. The maximum absolute atomic E-state index is 13.9. The Morgan fingerprint density at radius 2 is 1.80 bits per heavy atom. The van der Waals surface area contributed by atoms with Gasteiger partial charge in [-0.25, -0.2) is 13.4 Å². The number of aromatic nitrogens is 1. The lowest BCUT2D eigenvalue weighted by Gasteiger charge is -2.34. The van der Waals surface area contributed by atoms with E-state index in [-0.39, 0.29) is 23.0 Å². The summed E-state index contributed by atoms with van der Waals surface area (Å²) in [4.78, 5) is 22.9. The van der Waals surface area contributed by atoms with Crippen molar-refractivity contribution in [2.75, 3.05) is 57.4 Å². The van der Waals surface area contributed by atoms with Crippen molar-refractivity contribution in [1.29, 1.82) is 0 Å². The molecule has 2 saturated heterocycles. The number of morpholine rings is 2. The van der Waals surface area contributed by atoms with Crippen LogP contribution in [0.1, 0.15) is 36.2 Å². The van der Waals surface area contributed by atoms with E-state index < -0.39 is 10.0 Å². The van der Waals surface area contributed by atoms with Gasteiger partial charge in [0.2, 0.25) is 10.0 Å². The van der Waals surface area contributed by atoms with Crippen LogP contribution in [0.5, 0.6) is 0 Å². The lowest BCUT2D eigenvalue weighted by Crippen LogP contribution is -2.48. The van der Waals surface area contributed by atoms with E-state index in [4.69, 9.17) is 26.1 Å². The van der Waals surface area contributed by atoms with E-state index in [2.05, 4.69) is 4.90 Å². The van der Waals surface area contributed by atoms with Gasteiger partial charge >= 0.3 is 0 Å². The number of nitrogens with zero attached hydrogens (tertiary/aromatic N) is 4. The molecule has 0 radical (unpaired) electrons. The molecule has 0 bridgehead atoms. The molecular weight excluding hydrogens is 572 g/mol. The summed E-state index contributed by atoms with van der Waals surface area (Å²) in [6, 6.07) is 9.95. The smallest absolute Gasteiger partial charge is 0.260 e. The van der Waals surface area contributed by atoms with Gasteiger partial charge in [-0.15, -0.1) is 0 Å². The molecule has 12 heteroatoms. The average Bonchev–Trinajstić information content (AvgIpc) is 3.35. The average molecular weight is 607 g/mol. The van der Waals surface area contributed by atoms with Gasteiger partial charge in [-0.2, -0.15) is 4.31 Å². The Hall–Kier alpha value is -2.12. The molecule has 2 aliphatic rings. The van der Waals surface area contributed by atoms with E-state index in [0.717, 1.165) is 55.0 Å². The highest BCUT2D eigenvalue weighted by molar-refractivity contribution is 7.89. The standard InChI is InChI=1S/C28H35ClN4O5S2/c1-19-15-23(29)16-25-26(19)30-28(39-25)33(10-4-9-31-11-13-37-14-12-31)27(34)22-5-7-24(8-6-22)40(35,36)32-17-20(2)38-21(3)18-32/h5-8,15-16,20-21H,4,9-14,17-18H2,1-3H3. The maximum atomic E-state index is 13.9. The lowest BCUT2D eigenvalue weighted by atomic mass is 10.2. The Bertz CT molecular complexity index is 1450. The molecule has 9 nitrogen and oxygen atoms in total. The van der Waals surface area contributed by atoms with E-state index >= 15 is 0 Å². The summed E-state index contributed by atoms with van der Waals surface area (Å²) in [6.45, 7) is 10.8. The number of hydrogen-bond donors (Lipinski definition) is 0. The van der Waals surface area contributed by atoms with Crippen LogP contribution < -0.4 is 4.90 Å². The Balaban J connectivity index is 1.39. The first-order valence-electron chi connectivity index (χ1n) is 13.6. The van der Waals surface area contributed by atoms with E-state index in [0.29, 0.717) is 35.4 Å². The van der Waals surface area contributed by atoms with Gasteiger partial charge in [-0.1, -0.05) is 22.9 Å². The highest BCUT2D eigenvalue weighted by Crippen LogP contribution is 2.34. The van der Waals surface area contributed by atoms with Gasteiger partial charge in [-0.05, 0) is 69.2 Å². The number of amides is 1. The number of aryl methyl sites for hydroxylation is 1. The molecule has 2 unspecified atom stereocenters. The molecule has 0 saturated carbocycles. The molecule has 216 valence electrons. The predicted molar refractivity (Wildman–Crippen MR) is 158 cm³/mol. The summed E-state index contributed by atoms with van der Waals surface area (Å²) < 4.78 is 40.1. The number of carbonyl (C=O) groups is 1. The molecule has 3 aromatic rings. The Kier molecular flexibility index (Phi) is 9.11. The van der Waals surface area contributed by atoms with Crippen molar-refractivity contribution in [3.63, 3.8) is 0 Å². The van der Waals surface area contributed by atoms with E-state index in [1.807, 2.05) is 32.9 Å². The third kappa shape index (κ3) is 6.51. The molecule has 2 atom stereocenters.